The number of allylic oxidation sites excluding steroid dienone is 1. The molecule has 0 spiro atoms. The van der Waals surface area contributed by atoms with Crippen molar-refractivity contribution < 1.29 is 14.0 Å². The third kappa shape index (κ3) is 3.57. The number of hydrogen-bond donors (Lipinski definition) is 1. The predicted molar refractivity (Wildman–Crippen MR) is 76.9 cm³/mol. The molecule has 1 atom stereocenters. The molecule has 19 heavy (non-hydrogen) atoms. The fourth-order valence-corrected chi connectivity index (χ4v) is 2.70. The first-order chi connectivity index (χ1) is 9.12. The Morgan fingerprint density at radius 3 is 2.32 bits per heavy atom. The van der Waals surface area contributed by atoms with Gasteiger partial charge in [-0.15, -0.1) is 6.58 Å². The SMILES string of the molecule is C=CCc1ccc(P(=O)(O)Oc2ccccc2)cc1. The Bertz CT molecular complexity index is 591. The van der Waals surface area contributed by atoms with Crippen molar-refractivity contribution in [2.45, 2.75) is 6.42 Å². The van der Waals surface area contributed by atoms with Gasteiger partial charge in [-0.25, -0.2) is 4.57 Å². The molecule has 3 nitrogen and oxygen atoms in total. The minimum atomic E-state index is -3.83. The Balaban J connectivity index is 2.19. The van der Waals surface area contributed by atoms with Crippen molar-refractivity contribution in [1.82, 2.24) is 0 Å². The average molecular weight is 274 g/mol. The molecule has 2 rings (SSSR count). The molecule has 1 N–H and O–H groups in total. The fourth-order valence-electron chi connectivity index (χ4n) is 1.66. The van der Waals surface area contributed by atoms with Crippen LogP contribution in [0.3, 0.4) is 0 Å². The van der Waals surface area contributed by atoms with E-state index in [4.69, 9.17) is 4.52 Å². The maximum Gasteiger partial charge on any atom is 0.408 e. The summed E-state index contributed by atoms with van der Waals surface area (Å²) in [6, 6.07) is 15.4. The summed E-state index contributed by atoms with van der Waals surface area (Å²) in [6.07, 6.45) is 2.52. The first kappa shape index (κ1) is 13.6. The number of rotatable bonds is 5. The summed E-state index contributed by atoms with van der Waals surface area (Å²) in [4.78, 5) is 9.97. The second kappa shape index (κ2) is 5.87. The zero-order chi connectivity index (χ0) is 13.7. The van der Waals surface area contributed by atoms with Crippen LogP contribution >= 0.6 is 7.60 Å². The van der Waals surface area contributed by atoms with E-state index in [1.54, 1.807) is 54.6 Å². The molecular weight excluding hydrogens is 259 g/mol. The van der Waals surface area contributed by atoms with E-state index >= 15 is 0 Å². The first-order valence-electron chi connectivity index (χ1n) is 5.89. The van der Waals surface area contributed by atoms with Gasteiger partial charge >= 0.3 is 7.60 Å². The van der Waals surface area contributed by atoms with E-state index in [1.807, 2.05) is 6.07 Å². The standard InChI is InChI=1S/C15H15O3P/c1-2-6-13-9-11-15(12-10-13)19(16,17)18-14-7-4-3-5-8-14/h2-5,7-12H,1,6H2,(H,16,17). The van der Waals surface area contributed by atoms with Crippen LogP contribution < -0.4 is 9.83 Å². The van der Waals surface area contributed by atoms with Crippen LogP contribution in [0.1, 0.15) is 5.56 Å². The molecule has 0 saturated heterocycles. The molecule has 1 unspecified atom stereocenters. The second-order valence-electron chi connectivity index (χ2n) is 4.08. The lowest BCUT2D eigenvalue weighted by molar-refractivity contribution is 0.393. The smallest absolute Gasteiger partial charge is 0.408 e. The van der Waals surface area contributed by atoms with Gasteiger partial charge < -0.3 is 9.42 Å². The van der Waals surface area contributed by atoms with E-state index in [1.165, 1.54) is 0 Å². The van der Waals surface area contributed by atoms with E-state index in [9.17, 15) is 9.46 Å². The molecule has 4 heteroatoms. The molecule has 0 saturated carbocycles. The van der Waals surface area contributed by atoms with E-state index in [0.29, 0.717) is 5.75 Å². The quantitative estimate of drug-likeness (QED) is 0.672. The van der Waals surface area contributed by atoms with Crippen LogP contribution in [0.5, 0.6) is 5.75 Å². The Morgan fingerprint density at radius 1 is 1.11 bits per heavy atom. The van der Waals surface area contributed by atoms with Crippen molar-refractivity contribution in [1.29, 1.82) is 0 Å². The summed E-state index contributed by atoms with van der Waals surface area (Å²) in [5.74, 6) is 0.378. The maximum atomic E-state index is 12.2. The van der Waals surface area contributed by atoms with E-state index in [-0.39, 0.29) is 5.30 Å². The molecule has 0 aliphatic rings. The Kier molecular flexibility index (Phi) is 4.20. The summed E-state index contributed by atoms with van der Waals surface area (Å²) < 4.78 is 17.3. The summed E-state index contributed by atoms with van der Waals surface area (Å²) in [5.41, 5.74) is 1.04. The van der Waals surface area contributed by atoms with Gasteiger partial charge in [-0.2, -0.15) is 0 Å². The highest BCUT2D eigenvalue weighted by Crippen LogP contribution is 2.41. The third-order valence-electron chi connectivity index (χ3n) is 2.62. The van der Waals surface area contributed by atoms with Gasteiger partial charge in [0.1, 0.15) is 5.75 Å². The molecule has 98 valence electrons. The summed E-state index contributed by atoms with van der Waals surface area (Å²) in [5, 5.41) is 0.282. The summed E-state index contributed by atoms with van der Waals surface area (Å²) >= 11 is 0. The average Bonchev–Trinajstić information content (AvgIpc) is 2.40. The molecule has 0 aromatic heterocycles. The number of hydrogen-bond acceptors (Lipinski definition) is 2. The normalized spacial score (nSPS) is 13.5. The molecule has 0 aliphatic heterocycles. The minimum Gasteiger partial charge on any atom is -0.421 e. The van der Waals surface area contributed by atoms with Gasteiger partial charge in [0.25, 0.3) is 0 Å². The summed E-state index contributed by atoms with van der Waals surface area (Å²) in [6.45, 7) is 3.65. The molecule has 0 heterocycles. The third-order valence-corrected chi connectivity index (χ3v) is 4.02. The van der Waals surface area contributed by atoms with Crippen molar-refractivity contribution in [3.8, 4) is 5.75 Å². The van der Waals surface area contributed by atoms with E-state index < -0.39 is 7.60 Å². The highest BCUT2D eigenvalue weighted by atomic mass is 31.2. The molecule has 0 bridgehead atoms. The lowest BCUT2D eigenvalue weighted by atomic mass is 10.2. The molecule has 0 aliphatic carbocycles. The van der Waals surface area contributed by atoms with Crippen molar-refractivity contribution in [3.63, 3.8) is 0 Å². The van der Waals surface area contributed by atoms with Crippen LogP contribution in [0, 0.1) is 0 Å². The minimum absolute atomic E-state index is 0.282. The Labute approximate surface area is 112 Å². The van der Waals surface area contributed by atoms with Gasteiger partial charge in [0.05, 0.1) is 5.30 Å². The molecule has 2 aromatic rings. The summed E-state index contributed by atoms with van der Waals surface area (Å²) in [7, 11) is -3.83. The van der Waals surface area contributed by atoms with Gasteiger partial charge in [-0.1, -0.05) is 36.4 Å². The van der Waals surface area contributed by atoms with Crippen molar-refractivity contribution in [2.75, 3.05) is 0 Å². The lowest BCUT2D eigenvalue weighted by Gasteiger charge is -2.13. The van der Waals surface area contributed by atoms with Crippen LogP contribution in [0.15, 0.2) is 67.3 Å². The Hall–Kier alpha value is -1.83. The number of benzene rings is 2. The van der Waals surface area contributed by atoms with Crippen molar-refractivity contribution >= 4 is 12.9 Å². The second-order valence-corrected chi connectivity index (χ2v) is 5.82. The van der Waals surface area contributed by atoms with Gasteiger partial charge in [-0.05, 0) is 36.2 Å². The monoisotopic (exact) mass is 274 g/mol. The highest BCUT2D eigenvalue weighted by Gasteiger charge is 2.23. The van der Waals surface area contributed by atoms with Crippen LogP contribution in [-0.4, -0.2) is 4.89 Å². The van der Waals surface area contributed by atoms with Gasteiger partial charge in [0.15, 0.2) is 0 Å². The first-order valence-corrected chi connectivity index (χ1v) is 7.47. The zero-order valence-corrected chi connectivity index (χ0v) is 11.3. The Morgan fingerprint density at radius 2 is 1.74 bits per heavy atom. The van der Waals surface area contributed by atoms with Crippen LogP contribution in [0.25, 0.3) is 0 Å². The van der Waals surface area contributed by atoms with Crippen LogP contribution in [0.2, 0.25) is 0 Å². The number of para-hydroxylation sites is 1. The highest BCUT2D eigenvalue weighted by molar-refractivity contribution is 7.61. The van der Waals surface area contributed by atoms with Crippen molar-refractivity contribution in [3.05, 3.63) is 72.8 Å². The molecular formula is C15H15O3P. The fraction of sp³-hybridized carbons (Fsp3) is 0.0667. The zero-order valence-electron chi connectivity index (χ0n) is 10.4. The molecule has 0 fully saturated rings. The van der Waals surface area contributed by atoms with Crippen LogP contribution in [-0.2, 0) is 11.0 Å². The van der Waals surface area contributed by atoms with Crippen molar-refractivity contribution in [2.24, 2.45) is 0 Å². The largest absolute Gasteiger partial charge is 0.421 e. The predicted octanol–water partition coefficient (Wildman–Crippen LogP) is 3.30. The van der Waals surface area contributed by atoms with E-state index in [0.717, 1.165) is 12.0 Å². The molecule has 0 radical (unpaired) electrons. The van der Waals surface area contributed by atoms with E-state index in [2.05, 4.69) is 6.58 Å². The van der Waals surface area contributed by atoms with Gasteiger partial charge in [-0.3, -0.25) is 0 Å². The van der Waals surface area contributed by atoms with Gasteiger partial charge in [0.2, 0.25) is 0 Å². The molecule has 2 aromatic carbocycles. The lowest BCUT2D eigenvalue weighted by Crippen LogP contribution is -2.09. The maximum absolute atomic E-state index is 12.2. The van der Waals surface area contributed by atoms with Gasteiger partial charge in [0, 0.05) is 0 Å². The molecule has 0 amide bonds. The van der Waals surface area contributed by atoms with Crippen LogP contribution in [0.4, 0.5) is 0 Å². The topological polar surface area (TPSA) is 46.5 Å².